The Bertz CT molecular complexity index is 976. The second-order valence-corrected chi connectivity index (χ2v) is 6.89. The highest BCUT2D eigenvalue weighted by atomic mass is 16.6. The quantitative estimate of drug-likeness (QED) is 0.461. The van der Waals surface area contributed by atoms with Crippen molar-refractivity contribution in [1.82, 2.24) is 4.90 Å². The molecule has 1 aliphatic rings. The van der Waals surface area contributed by atoms with Crippen LogP contribution in [0.15, 0.2) is 91.0 Å². The molecular formula is C24H21NO4. The second kappa shape index (κ2) is 8.19. The van der Waals surface area contributed by atoms with Crippen LogP contribution in [0.5, 0.6) is 5.75 Å². The lowest BCUT2D eigenvalue weighted by Crippen LogP contribution is -2.44. The van der Waals surface area contributed by atoms with Gasteiger partial charge in [0.05, 0.1) is 6.04 Å². The van der Waals surface area contributed by atoms with Crippen molar-refractivity contribution < 1.29 is 19.1 Å². The van der Waals surface area contributed by atoms with Gasteiger partial charge in [0, 0.05) is 0 Å². The molecule has 1 fully saturated rings. The highest BCUT2D eigenvalue weighted by Gasteiger charge is 2.50. The zero-order chi connectivity index (χ0) is 20.2. The maximum atomic E-state index is 13.2. The number of ether oxygens (including phenoxy) is 2. The molecule has 1 aliphatic heterocycles. The number of rotatable bonds is 5. The Morgan fingerprint density at radius 1 is 0.897 bits per heavy atom. The SMILES string of the molecule is CC(c1ccccc1)N1C(=O)OC(c2ccccc2)C1C(=O)Oc1ccccc1. The zero-order valence-electron chi connectivity index (χ0n) is 16.0. The van der Waals surface area contributed by atoms with Crippen molar-refractivity contribution in [1.29, 1.82) is 0 Å². The molecule has 3 atom stereocenters. The third kappa shape index (κ3) is 3.85. The van der Waals surface area contributed by atoms with Crippen LogP contribution in [0.2, 0.25) is 0 Å². The lowest BCUT2D eigenvalue weighted by molar-refractivity contribution is -0.140. The molecule has 3 aromatic carbocycles. The van der Waals surface area contributed by atoms with Gasteiger partial charge in [-0.15, -0.1) is 0 Å². The Labute approximate surface area is 169 Å². The van der Waals surface area contributed by atoms with Gasteiger partial charge in [-0.2, -0.15) is 0 Å². The van der Waals surface area contributed by atoms with Crippen LogP contribution in [0, 0.1) is 0 Å². The van der Waals surface area contributed by atoms with E-state index in [1.165, 1.54) is 4.90 Å². The first-order valence-corrected chi connectivity index (χ1v) is 9.51. The summed E-state index contributed by atoms with van der Waals surface area (Å²) >= 11 is 0. The summed E-state index contributed by atoms with van der Waals surface area (Å²) in [7, 11) is 0. The summed E-state index contributed by atoms with van der Waals surface area (Å²) < 4.78 is 11.3. The topological polar surface area (TPSA) is 55.8 Å². The lowest BCUT2D eigenvalue weighted by atomic mass is 9.99. The van der Waals surface area contributed by atoms with Crippen LogP contribution in [-0.2, 0) is 9.53 Å². The van der Waals surface area contributed by atoms with Crippen LogP contribution in [0.3, 0.4) is 0 Å². The van der Waals surface area contributed by atoms with Gasteiger partial charge < -0.3 is 9.47 Å². The first-order valence-electron chi connectivity index (χ1n) is 9.51. The molecule has 5 nitrogen and oxygen atoms in total. The maximum absolute atomic E-state index is 13.2. The molecule has 1 amide bonds. The van der Waals surface area contributed by atoms with E-state index in [-0.39, 0.29) is 6.04 Å². The van der Waals surface area contributed by atoms with Crippen LogP contribution < -0.4 is 4.74 Å². The van der Waals surface area contributed by atoms with Gasteiger partial charge in [0.15, 0.2) is 12.1 Å². The minimum Gasteiger partial charge on any atom is -0.438 e. The molecule has 1 saturated heterocycles. The summed E-state index contributed by atoms with van der Waals surface area (Å²) in [5.41, 5.74) is 1.66. The van der Waals surface area contributed by atoms with E-state index < -0.39 is 24.2 Å². The molecule has 3 unspecified atom stereocenters. The number of carbonyl (C=O) groups is 2. The molecule has 0 aromatic heterocycles. The molecule has 0 aliphatic carbocycles. The van der Waals surface area contributed by atoms with Gasteiger partial charge in [-0.3, -0.25) is 4.90 Å². The molecule has 5 heteroatoms. The Morgan fingerprint density at radius 2 is 1.45 bits per heavy atom. The van der Waals surface area contributed by atoms with Gasteiger partial charge in [0.1, 0.15) is 5.75 Å². The zero-order valence-corrected chi connectivity index (χ0v) is 16.0. The number of cyclic esters (lactones) is 1. The van der Waals surface area contributed by atoms with Crippen molar-refractivity contribution in [2.45, 2.75) is 25.1 Å². The summed E-state index contributed by atoms with van der Waals surface area (Å²) in [5.74, 6) is -0.102. The Kier molecular flexibility index (Phi) is 5.29. The van der Waals surface area contributed by atoms with Gasteiger partial charge in [-0.1, -0.05) is 78.9 Å². The van der Waals surface area contributed by atoms with Crippen molar-refractivity contribution in [2.24, 2.45) is 0 Å². The summed E-state index contributed by atoms with van der Waals surface area (Å²) in [5, 5.41) is 0. The number of esters is 1. The van der Waals surface area contributed by atoms with Crippen LogP contribution in [0.1, 0.15) is 30.2 Å². The Balaban J connectivity index is 1.70. The molecule has 0 spiro atoms. The predicted octanol–water partition coefficient (Wildman–Crippen LogP) is 4.92. The minimum atomic E-state index is -0.902. The summed E-state index contributed by atoms with van der Waals surface area (Å²) in [4.78, 5) is 27.5. The van der Waals surface area contributed by atoms with Gasteiger partial charge in [0.2, 0.25) is 0 Å². The van der Waals surface area contributed by atoms with E-state index in [2.05, 4.69) is 0 Å². The first-order chi connectivity index (χ1) is 14.1. The lowest BCUT2D eigenvalue weighted by Gasteiger charge is -2.28. The van der Waals surface area contributed by atoms with Gasteiger partial charge in [-0.25, -0.2) is 9.59 Å². The van der Waals surface area contributed by atoms with Gasteiger partial charge in [-0.05, 0) is 30.2 Å². The Hall–Kier alpha value is -3.60. The summed E-state index contributed by atoms with van der Waals surface area (Å²) in [6.45, 7) is 1.88. The average Bonchev–Trinajstić information content (AvgIpc) is 3.12. The Morgan fingerprint density at radius 3 is 2.07 bits per heavy atom. The van der Waals surface area contributed by atoms with Crippen molar-refractivity contribution in [2.75, 3.05) is 0 Å². The van der Waals surface area contributed by atoms with E-state index in [9.17, 15) is 9.59 Å². The van der Waals surface area contributed by atoms with Crippen LogP contribution in [-0.4, -0.2) is 23.0 Å². The average molecular weight is 387 g/mol. The highest BCUT2D eigenvalue weighted by Crippen LogP contribution is 2.38. The van der Waals surface area contributed by atoms with Crippen molar-refractivity contribution in [3.63, 3.8) is 0 Å². The number of para-hydroxylation sites is 1. The minimum absolute atomic E-state index is 0.356. The molecule has 1 heterocycles. The molecule has 0 N–H and O–H groups in total. The van der Waals surface area contributed by atoms with Crippen molar-refractivity contribution in [3.8, 4) is 5.75 Å². The van der Waals surface area contributed by atoms with E-state index in [0.29, 0.717) is 5.75 Å². The highest BCUT2D eigenvalue weighted by molar-refractivity contribution is 5.87. The predicted molar refractivity (Wildman–Crippen MR) is 108 cm³/mol. The van der Waals surface area contributed by atoms with E-state index >= 15 is 0 Å². The molecule has 0 radical (unpaired) electrons. The van der Waals surface area contributed by atoms with E-state index in [4.69, 9.17) is 9.47 Å². The molecule has 4 rings (SSSR count). The van der Waals surface area contributed by atoms with Crippen molar-refractivity contribution >= 4 is 12.1 Å². The van der Waals surface area contributed by atoms with Gasteiger partial charge in [0.25, 0.3) is 0 Å². The monoisotopic (exact) mass is 387 g/mol. The third-order valence-electron chi connectivity index (χ3n) is 5.06. The second-order valence-electron chi connectivity index (χ2n) is 6.89. The van der Waals surface area contributed by atoms with E-state index in [1.807, 2.05) is 73.7 Å². The normalized spacial score (nSPS) is 19.5. The maximum Gasteiger partial charge on any atom is 0.411 e. The molecule has 0 bridgehead atoms. The first kappa shape index (κ1) is 18.7. The van der Waals surface area contributed by atoms with Crippen LogP contribution in [0.25, 0.3) is 0 Å². The van der Waals surface area contributed by atoms with Gasteiger partial charge >= 0.3 is 12.1 Å². The summed E-state index contributed by atoms with van der Waals surface area (Å²) in [6, 6.07) is 26.4. The molecule has 146 valence electrons. The van der Waals surface area contributed by atoms with E-state index in [0.717, 1.165) is 11.1 Å². The van der Waals surface area contributed by atoms with Crippen molar-refractivity contribution in [3.05, 3.63) is 102 Å². The third-order valence-corrected chi connectivity index (χ3v) is 5.06. The molecule has 0 saturated carbocycles. The number of benzene rings is 3. The standard InChI is InChI=1S/C24H21NO4/c1-17(18-11-5-2-6-12-18)25-21(23(26)28-20-15-9-4-10-16-20)22(29-24(25)27)19-13-7-3-8-14-19/h2-17,21-22H,1H3. The number of hydrogen-bond acceptors (Lipinski definition) is 4. The van der Waals surface area contributed by atoms with Crippen LogP contribution >= 0.6 is 0 Å². The molecule has 3 aromatic rings. The number of amides is 1. The fourth-order valence-electron chi connectivity index (χ4n) is 3.58. The number of nitrogens with zero attached hydrogens (tertiary/aromatic N) is 1. The molecule has 29 heavy (non-hydrogen) atoms. The smallest absolute Gasteiger partial charge is 0.411 e. The van der Waals surface area contributed by atoms with Crippen LogP contribution in [0.4, 0.5) is 4.79 Å². The number of carbonyl (C=O) groups excluding carboxylic acids is 2. The molecular weight excluding hydrogens is 366 g/mol. The summed E-state index contributed by atoms with van der Waals surface area (Å²) in [6.07, 6.45) is -1.28. The number of hydrogen-bond donors (Lipinski definition) is 0. The largest absolute Gasteiger partial charge is 0.438 e. The fraction of sp³-hybridized carbons (Fsp3) is 0.167. The van der Waals surface area contributed by atoms with E-state index in [1.54, 1.807) is 24.3 Å². The fourth-order valence-corrected chi connectivity index (χ4v) is 3.58.